The van der Waals surface area contributed by atoms with Crippen molar-refractivity contribution in [2.75, 3.05) is 31.4 Å². The molecule has 0 bridgehead atoms. The molecule has 1 rings (SSSR count). The lowest BCUT2D eigenvalue weighted by atomic mass is 10.2. The van der Waals surface area contributed by atoms with Crippen molar-refractivity contribution in [3.8, 4) is 0 Å². The minimum absolute atomic E-state index is 0.0392. The molecule has 0 saturated carbocycles. The average Bonchev–Trinajstić information content (AvgIpc) is 2.39. The number of esters is 1. The van der Waals surface area contributed by atoms with Crippen LogP contribution in [0.4, 0.5) is 16.3 Å². The van der Waals surface area contributed by atoms with Gasteiger partial charge in [0.05, 0.1) is 31.5 Å². The van der Waals surface area contributed by atoms with E-state index in [1.807, 2.05) is 0 Å². The number of nitrogens with two attached hydrogens (primary N) is 1. The molecule has 0 aliphatic carbocycles. The number of nitrogen functional groups attached to an aromatic ring is 1. The Balaban J connectivity index is 2.94. The zero-order valence-corrected chi connectivity index (χ0v) is 11.2. The Morgan fingerprint density at radius 3 is 2.68 bits per heavy atom. The predicted molar refractivity (Wildman–Crippen MR) is 69.8 cm³/mol. The zero-order chi connectivity index (χ0) is 14.4. The third-order valence-electron chi connectivity index (χ3n) is 2.40. The predicted octanol–water partition coefficient (Wildman–Crippen LogP) is 0.972. The number of rotatable bonds is 4. The summed E-state index contributed by atoms with van der Waals surface area (Å²) >= 11 is 0. The second-order valence-electron chi connectivity index (χ2n) is 3.72. The number of anilines is 2. The van der Waals surface area contributed by atoms with E-state index in [-0.39, 0.29) is 6.42 Å². The van der Waals surface area contributed by atoms with Gasteiger partial charge in [-0.2, -0.15) is 0 Å². The van der Waals surface area contributed by atoms with Crippen LogP contribution in [-0.4, -0.2) is 37.8 Å². The first-order chi connectivity index (χ1) is 8.99. The number of pyridine rings is 1. The molecule has 1 amide bonds. The number of nitrogens with zero attached hydrogens (tertiary/aromatic N) is 2. The highest BCUT2D eigenvalue weighted by molar-refractivity contribution is 5.86. The molecule has 0 aliphatic rings. The van der Waals surface area contributed by atoms with E-state index in [2.05, 4.69) is 9.72 Å². The second kappa shape index (κ2) is 6.58. The molecular weight excluding hydrogens is 250 g/mol. The number of aromatic nitrogens is 1. The van der Waals surface area contributed by atoms with Gasteiger partial charge in [0.15, 0.2) is 0 Å². The van der Waals surface area contributed by atoms with E-state index in [1.165, 1.54) is 19.1 Å². The van der Waals surface area contributed by atoms with Gasteiger partial charge in [-0.1, -0.05) is 0 Å². The number of carbonyl (C=O) groups is 2. The average molecular weight is 267 g/mol. The van der Waals surface area contributed by atoms with Crippen LogP contribution in [0.5, 0.6) is 0 Å². The minimum atomic E-state index is -0.556. The maximum absolute atomic E-state index is 11.4. The van der Waals surface area contributed by atoms with E-state index in [0.29, 0.717) is 23.8 Å². The molecule has 7 nitrogen and oxygen atoms in total. The molecule has 19 heavy (non-hydrogen) atoms. The van der Waals surface area contributed by atoms with Crippen molar-refractivity contribution < 1.29 is 19.1 Å². The first kappa shape index (κ1) is 14.7. The molecule has 0 aromatic carbocycles. The fraction of sp³-hybridized carbons (Fsp3) is 0.417. The molecule has 0 saturated heterocycles. The van der Waals surface area contributed by atoms with Gasteiger partial charge >= 0.3 is 12.1 Å². The fourth-order valence-corrected chi connectivity index (χ4v) is 1.41. The van der Waals surface area contributed by atoms with Gasteiger partial charge in [0, 0.05) is 7.05 Å². The van der Waals surface area contributed by atoms with Crippen molar-refractivity contribution in [1.29, 1.82) is 0 Å². The summed E-state index contributed by atoms with van der Waals surface area (Å²) in [5.41, 5.74) is 6.48. The lowest BCUT2D eigenvalue weighted by Crippen LogP contribution is -2.27. The van der Waals surface area contributed by atoms with Crippen LogP contribution in [0.1, 0.15) is 12.6 Å². The van der Waals surface area contributed by atoms with Gasteiger partial charge in [-0.15, -0.1) is 0 Å². The topological polar surface area (TPSA) is 94.8 Å². The van der Waals surface area contributed by atoms with Crippen molar-refractivity contribution >= 4 is 23.6 Å². The standard InChI is InChI=1S/C12H17N3O4/c1-4-19-11(16)7-9-8(13)5-6-10(14-9)15(2)12(17)18-3/h5-6H,4,7,13H2,1-3H3. The van der Waals surface area contributed by atoms with Crippen molar-refractivity contribution in [2.24, 2.45) is 0 Å². The van der Waals surface area contributed by atoms with Crippen LogP contribution in [0, 0.1) is 0 Å². The van der Waals surface area contributed by atoms with Crippen molar-refractivity contribution in [1.82, 2.24) is 4.98 Å². The molecule has 7 heteroatoms. The second-order valence-corrected chi connectivity index (χ2v) is 3.72. The minimum Gasteiger partial charge on any atom is -0.466 e. The maximum Gasteiger partial charge on any atom is 0.414 e. The monoisotopic (exact) mass is 267 g/mol. The van der Waals surface area contributed by atoms with E-state index in [4.69, 9.17) is 10.5 Å². The Bertz CT molecular complexity index is 476. The maximum atomic E-state index is 11.4. The molecule has 0 aliphatic heterocycles. The molecule has 1 aromatic rings. The van der Waals surface area contributed by atoms with Crippen molar-refractivity contribution in [2.45, 2.75) is 13.3 Å². The number of hydrogen-bond acceptors (Lipinski definition) is 6. The highest BCUT2D eigenvalue weighted by Gasteiger charge is 2.15. The van der Waals surface area contributed by atoms with Gasteiger partial charge in [0.2, 0.25) is 0 Å². The molecule has 0 radical (unpaired) electrons. The van der Waals surface area contributed by atoms with E-state index in [1.54, 1.807) is 19.1 Å². The lowest BCUT2D eigenvalue weighted by molar-refractivity contribution is -0.142. The van der Waals surface area contributed by atoms with Crippen LogP contribution in [0.15, 0.2) is 12.1 Å². The van der Waals surface area contributed by atoms with Crippen molar-refractivity contribution in [3.63, 3.8) is 0 Å². The quantitative estimate of drug-likeness (QED) is 0.817. The van der Waals surface area contributed by atoms with E-state index >= 15 is 0 Å². The number of hydrogen-bond donors (Lipinski definition) is 1. The van der Waals surface area contributed by atoms with Gasteiger partial charge in [-0.3, -0.25) is 9.69 Å². The molecule has 2 N–H and O–H groups in total. The largest absolute Gasteiger partial charge is 0.466 e. The van der Waals surface area contributed by atoms with Gasteiger partial charge < -0.3 is 15.2 Å². The highest BCUT2D eigenvalue weighted by atomic mass is 16.5. The molecule has 0 atom stereocenters. The van der Waals surface area contributed by atoms with Crippen LogP contribution >= 0.6 is 0 Å². The Labute approximate surface area is 111 Å². The Hall–Kier alpha value is -2.31. The summed E-state index contributed by atoms with van der Waals surface area (Å²) in [6, 6.07) is 3.15. The first-order valence-electron chi connectivity index (χ1n) is 5.72. The zero-order valence-electron chi connectivity index (χ0n) is 11.2. The summed E-state index contributed by atoms with van der Waals surface area (Å²) in [4.78, 5) is 28.2. The molecule has 1 aromatic heterocycles. The fourth-order valence-electron chi connectivity index (χ4n) is 1.41. The van der Waals surface area contributed by atoms with Gasteiger partial charge in [0.25, 0.3) is 0 Å². The Morgan fingerprint density at radius 1 is 1.42 bits per heavy atom. The van der Waals surface area contributed by atoms with Crippen LogP contribution in [0.3, 0.4) is 0 Å². The Kier molecular flexibility index (Phi) is 5.11. The molecule has 0 spiro atoms. The molecule has 104 valence electrons. The number of methoxy groups -OCH3 is 1. The molecule has 0 fully saturated rings. The summed E-state index contributed by atoms with van der Waals surface area (Å²) in [7, 11) is 2.79. The first-order valence-corrected chi connectivity index (χ1v) is 5.72. The normalized spacial score (nSPS) is 9.84. The summed E-state index contributed by atoms with van der Waals surface area (Å²) in [6.45, 7) is 2.01. The van der Waals surface area contributed by atoms with Crippen LogP contribution in [0.25, 0.3) is 0 Å². The molecule has 1 heterocycles. The number of carbonyl (C=O) groups excluding carboxylic acids is 2. The van der Waals surface area contributed by atoms with E-state index < -0.39 is 12.1 Å². The number of amides is 1. The van der Waals surface area contributed by atoms with Crippen LogP contribution in [-0.2, 0) is 20.7 Å². The highest BCUT2D eigenvalue weighted by Crippen LogP contribution is 2.17. The molecule has 0 unspecified atom stereocenters. The van der Waals surface area contributed by atoms with Crippen LogP contribution in [0.2, 0.25) is 0 Å². The summed E-state index contributed by atoms with van der Waals surface area (Å²) in [6.07, 6.45) is -0.595. The van der Waals surface area contributed by atoms with E-state index in [9.17, 15) is 9.59 Å². The van der Waals surface area contributed by atoms with Gasteiger partial charge in [0.1, 0.15) is 5.82 Å². The van der Waals surface area contributed by atoms with Gasteiger partial charge in [-0.05, 0) is 19.1 Å². The van der Waals surface area contributed by atoms with E-state index in [0.717, 1.165) is 0 Å². The summed E-state index contributed by atoms with van der Waals surface area (Å²) in [5.74, 6) is -0.0695. The van der Waals surface area contributed by atoms with Gasteiger partial charge in [-0.25, -0.2) is 9.78 Å². The molecular formula is C12H17N3O4. The van der Waals surface area contributed by atoms with Crippen molar-refractivity contribution in [3.05, 3.63) is 17.8 Å². The third kappa shape index (κ3) is 3.84. The Morgan fingerprint density at radius 2 is 2.11 bits per heavy atom. The lowest BCUT2D eigenvalue weighted by Gasteiger charge is -2.16. The smallest absolute Gasteiger partial charge is 0.414 e. The summed E-state index contributed by atoms with van der Waals surface area (Å²) in [5, 5.41) is 0. The number of ether oxygens (including phenoxy) is 2. The summed E-state index contributed by atoms with van der Waals surface area (Å²) < 4.78 is 9.41. The SMILES string of the molecule is CCOC(=O)Cc1nc(N(C)C(=O)OC)ccc1N. The van der Waals surface area contributed by atoms with Crippen LogP contribution < -0.4 is 10.6 Å². The third-order valence-corrected chi connectivity index (χ3v) is 2.40.